The van der Waals surface area contributed by atoms with Crippen LogP contribution in [0.2, 0.25) is 0 Å². The van der Waals surface area contributed by atoms with E-state index in [2.05, 4.69) is 29.5 Å². The predicted octanol–water partition coefficient (Wildman–Crippen LogP) is 2.34. The van der Waals surface area contributed by atoms with Gasteiger partial charge in [-0.2, -0.15) is 0 Å². The van der Waals surface area contributed by atoms with Crippen molar-refractivity contribution in [3.63, 3.8) is 0 Å². The Balaban J connectivity index is 1.75. The van der Waals surface area contributed by atoms with E-state index in [1.165, 1.54) is 10.9 Å². The molecule has 1 aliphatic carbocycles. The average Bonchev–Trinajstić information content (AvgIpc) is 2.98. The first-order chi connectivity index (χ1) is 10.9. The van der Waals surface area contributed by atoms with Gasteiger partial charge in [0.2, 0.25) is 5.91 Å². The summed E-state index contributed by atoms with van der Waals surface area (Å²) in [7, 11) is 0. The summed E-state index contributed by atoms with van der Waals surface area (Å²) in [6.45, 7) is 4.22. The molecule has 120 valence electrons. The Kier molecular flexibility index (Phi) is 3.63. The molecule has 23 heavy (non-hydrogen) atoms. The Hall–Kier alpha value is -2.70. The van der Waals surface area contributed by atoms with Gasteiger partial charge in [0, 0.05) is 11.6 Å². The number of carboxylic acids is 1. The van der Waals surface area contributed by atoms with Crippen molar-refractivity contribution in [2.45, 2.75) is 26.7 Å². The fourth-order valence-electron chi connectivity index (χ4n) is 2.65. The van der Waals surface area contributed by atoms with Crippen LogP contribution < -0.4 is 5.32 Å². The molecule has 0 bridgehead atoms. The van der Waals surface area contributed by atoms with Crippen molar-refractivity contribution < 1.29 is 14.7 Å². The number of carbonyl (C=O) groups excluding carboxylic acids is 1. The quantitative estimate of drug-likeness (QED) is 0.883. The second-order valence-electron chi connectivity index (χ2n) is 6.16. The zero-order chi connectivity index (χ0) is 16.6. The van der Waals surface area contributed by atoms with E-state index < -0.39 is 5.97 Å². The summed E-state index contributed by atoms with van der Waals surface area (Å²) in [5, 5.41) is 19.2. The molecule has 1 aromatic heterocycles. The third-order valence-electron chi connectivity index (χ3n) is 4.57. The normalized spacial score (nSPS) is 22.6. The molecule has 0 spiro atoms. The van der Waals surface area contributed by atoms with Crippen LogP contribution in [0.5, 0.6) is 0 Å². The molecule has 2 unspecified atom stereocenters. The first-order valence-corrected chi connectivity index (χ1v) is 7.50. The van der Waals surface area contributed by atoms with Crippen molar-refractivity contribution in [3.05, 3.63) is 36.2 Å². The van der Waals surface area contributed by atoms with E-state index in [0.29, 0.717) is 11.4 Å². The lowest BCUT2D eigenvalue weighted by Gasteiger charge is -2.09. The van der Waals surface area contributed by atoms with Crippen LogP contribution in [0.15, 0.2) is 30.5 Å². The van der Waals surface area contributed by atoms with Crippen LogP contribution >= 0.6 is 0 Å². The number of hydrogen-bond acceptors (Lipinski definition) is 4. The minimum atomic E-state index is -1.13. The number of hydrogen-bond donors (Lipinski definition) is 2. The van der Waals surface area contributed by atoms with Gasteiger partial charge < -0.3 is 10.4 Å². The molecular formula is C16H18N4O3. The van der Waals surface area contributed by atoms with Gasteiger partial charge in [-0.3, -0.25) is 4.79 Å². The number of nitrogens with one attached hydrogen (secondary N) is 1. The van der Waals surface area contributed by atoms with Gasteiger partial charge in [0.1, 0.15) is 0 Å². The molecular weight excluding hydrogens is 296 g/mol. The first-order valence-electron chi connectivity index (χ1n) is 7.50. The molecule has 0 saturated heterocycles. The summed E-state index contributed by atoms with van der Waals surface area (Å²) in [5.41, 5.74) is 1.28. The van der Waals surface area contributed by atoms with Gasteiger partial charge in [-0.25, -0.2) is 9.48 Å². The zero-order valence-electron chi connectivity index (χ0n) is 13.0. The third kappa shape index (κ3) is 2.94. The Morgan fingerprint density at radius 2 is 2.26 bits per heavy atom. The largest absolute Gasteiger partial charge is 0.476 e. The maximum atomic E-state index is 12.3. The van der Waals surface area contributed by atoms with E-state index in [9.17, 15) is 9.59 Å². The lowest BCUT2D eigenvalue weighted by Crippen LogP contribution is -2.17. The highest BCUT2D eigenvalue weighted by molar-refractivity contribution is 5.95. The van der Waals surface area contributed by atoms with Crippen LogP contribution in [0.1, 0.15) is 37.2 Å². The summed E-state index contributed by atoms with van der Waals surface area (Å²) in [5.74, 6) is -1.05. The molecule has 1 aliphatic rings. The summed E-state index contributed by atoms with van der Waals surface area (Å²) >= 11 is 0. The SMILES string of the molecule is CCC1(C)CC1C(=O)Nc1cccc(-n2cc(C(=O)O)nn2)c1. The van der Waals surface area contributed by atoms with E-state index in [0.717, 1.165) is 12.8 Å². The molecule has 1 aromatic carbocycles. The highest BCUT2D eigenvalue weighted by atomic mass is 16.4. The summed E-state index contributed by atoms with van der Waals surface area (Å²) < 4.78 is 1.37. The lowest BCUT2D eigenvalue weighted by molar-refractivity contribution is -0.118. The molecule has 1 amide bonds. The molecule has 0 aliphatic heterocycles. The number of nitrogens with zero attached hydrogens (tertiary/aromatic N) is 3. The number of carboxylic acid groups (broad SMARTS) is 1. The van der Waals surface area contributed by atoms with Crippen molar-refractivity contribution in [1.82, 2.24) is 15.0 Å². The van der Waals surface area contributed by atoms with E-state index in [1.807, 2.05) is 0 Å². The number of rotatable bonds is 5. The molecule has 2 atom stereocenters. The molecule has 2 N–H and O–H groups in total. The van der Waals surface area contributed by atoms with Crippen LogP contribution in [-0.4, -0.2) is 32.0 Å². The van der Waals surface area contributed by atoms with Gasteiger partial charge in [0.25, 0.3) is 0 Å². The van der Waals surface area contributed by atoms with Gasteiger partial charge in [0.05, 0.1) is 11.9 Å². The van der Waals surface area contributed by atoms with Crippen molar-refractivity contribution in [2.75, 3.05) is 5.32 Å². The zero-order valence-corrected chi connectivity index (χ0v) is 13.0. The maximum Gasteiger partial charge on any atom is 0.358 e. The van der Waals surface area contributed by atoms with Crippen LogP contribution in [0.3, 0.4) is 0 Å². The maximum absolute atomic E-state index is 12.3. The van der Waals surface area contributed by atoms with Gasteiger partial charge >= 0.3 is 5.97 Å². The minimum absolute atomic E-state index is 0.0244. The smallest absolute Gasteiger partial charge is 0.358 e. The van der Waals surface area contributed by atoms with Crippen LogP contribution in [-0.2, 0) is 4.79 Å². The number of benzene rings is 1. The minimum Gasteiger partial charge on any atom is -0.476 e. The molecule has 3 rings (SSSR count). The molecule has 1 heterocycles. The molecule has 7 heteroatoms. The topological polar surface area (TPSA) is 97.1 Å². The van der Waals surface area contributed by atoms with Crippen molar-refractivity contribution in [3.8, 4) is 5.69 Å². The van der Waals surface area contributed by atoms with E-state index >= 15 is 0 Å². The second kappa shape index (κ2) is 5.49. The van der Waals surface area contributed by atoms with Crippen molar-refractivity contribution >= 4 is 17.6 Å². The molecule has 1 saturated carbocycles. The monoisotopic (exact) mass is 314 g/mol. The number of amides is 1. The Morgan fingerprint density at radius 1 is 1.48 bits per heavy atom. The Bertz CT molecular complexity index is 770. The Labute approximate surface area is 133 Å². The summed E-state index contributed by atoms with van der Waals surface area (Å²) in [6, 6.07) is 7.08. The molecule has 0 radical (unpaired) electrons. The first kappa shape index (κ1) is 15.2. The summed E-state index contributed by atoms with van der Waals surface area (Å²) in [6.07, 6.45) is 3.24. The lowest BCUT2D eigenvalue weighted by atomic mass is 10.0. The number of aromatic nitrogens is 3. The molecule has 1 fully saturated rings. The van der Waals surface area contributed by atoms with E-state index in [-0.39, 0.29) is 22.9 Å². The van der Waals surface area contributed by atoms with Crippen LogP contribution in [0.25, 0.3) is 5.69 Å². The number of aromatic carboxylic acids is 1. The molecule has 2 aromatic rings. The highest BCUT2D eigenvalue weighted by Crippen LogP contribution is 2.55. The fraction of sp³-hybridized carbons (Fsp3) is 0.375. The second-order valence-corrected chi connectivity index (χ2v) is 6.16. The third-order valence-corrected chi connectivity index (χ3v) is 4.57. The van der Waals surface area contributed by atoms with Gasteiger partial charge in [0.15, 0.2) is 5.69 Å². The standard InChI is InChI=1S/C16H18N4O3/c1-3-16(2)8-12(16)14(21)17-10-5-4-6-11(7-10)20-9-13(15(22)23)18-19-20/h4-7,9,12H,3,8H2,1-2H3,(H,17,21)(H,22,23). The fourth-order valence-corrected chi connectivity index (χ4v) is 2.65. The van der Waals surface area contributed by atoms with Gasteiger partial charge in [-0.15, -0.1) is 5.10 Å². The predicted molar refractivity (Wildman–Crippen MR) is 83.5 cm³/mol. The number of anilines is 1. The van der Waals surface area contributed by atoms with Crippen molar-refractivity contribution in [1.29, 1.82) is 0 Å². The van der Waals surface area contributed by atoms with Crippen LogP contribution in [0.4, 0.5) is 5.69 Å². The van der Waals surface area contributed by atoms with Crippen LogP contribution in [0, 0.1) is 11.3 Å². The average molecular weight is 314 g/mol. The van der Waals surface area contributed by atoms with Gasteiger partial charge in [-0.05, 0) is 36.5 Å². The Morgan fingerprint density at radius 3 is 2.87 bits per heavy atom. The van der Waals surface area contributed by atoms with Gasteiger partial charge in [-0.1, -0.05) is 25.1 Å². The van der Waals surface area contributed by atoms with E-state index in [4.69, 9.17) is 5.11 Å². The summed E-state index contributed by atoms with van der Waals surface area (Å²) in [4.78, 5) is 23.1. The number of carbonyl (C=O) groups is 2. The van der Waals surface area contributed by atoms with Crippen molar-refractivity contribution in [2.24, 2.45) is 11.3 Å². The molecule has 7 nitrogen and oxygen atoms in total. The highest BCUT2D eigenvalue weighted by Gasteiger charge is 2.52. The van der Waals surface area contributed by atoms with E-state index in [1.54, 1.807) is 24.3 Å².